The third kappa shape index (κ3) is 2.54. The second-order valence-corrected chi connectivity index (χ2v) is 4.65. The molecule has 1 heterocycles. The van der Waals surface area contributed by atoms with Crippen molar-refractivity contribution in [1.29, 1.82) is 0 Å². The normalized spacial score (nSPS) is 23.9. The predicted octanol–water partition coefficient (Wildman–Crippen LogP) is 1.13. The first kappa shape index (κ1) is 10.2. The van der Waals surface area contributed by atoms with Crippen LogP contribution in [-0.4, -0.2) is 18.2 Å². The lowest BCUT2D eigenvalue weighted by molar-refractivity contribution is -0.133. The molecule has 0 spiro atoms. The zero-order valence-corrected chi connectivity index (χ0v) is 8.52. The van der Waals surface area contributed by atoms with Crippen LogP contribution in [0.2, 0.25) is 0 Å². The summed E-state index contributed by atoms with van der Waals surface area (Å²) in [6.07, 6.45) is 1.20. The Morgan fingerprint density at radius 2 is 2.08 bits per heavy atom. The molecule has 0 aliphatic carbocycles. The van der Waals surface area contributed by atoms with Crippen LogP contribution in [0.15, 0.2) is 0 Å². The predicted molar refractivity (Wildman–Crippen MR) is 50.2 cm³/mol. The van der Waals surface area contributed by atoms with Gasteiger partial charge in [-0.15, -0.1) is 0 Å². The summed E-state index contributed by atoms with van der Waals surface area (Å²) in [5, 5.41) is 2.73. The summed E-state index contributed by atoms with van der Waals surface area (Å²) in [6, 6.07) is 0. The van der Waals surface area contributed by atoms with Crippen LogP contribution >= 0.6 is 0 Å². The van der Waals surface area contributed by atoms with Crippen molar-refractivity contribution in [3.05, 3.63) is 0 Å². The number of hydrogen-bond acceptors (Lipinski definition) is 2. The van der Waals surface area contributed by atoms with Crippen molar-refractivity contribution in [1.82, 2.24) is 5.32 Å². The molecule has 1 atom stereocenters. The van der Waals surface area contributed by atoms with Gasteiger partial charge in [0.05, 0.1) is 0 Å². The Morgan fingerprint density at radius 3 is 2.46 bits per heavy atom. The molecule has 74 valence electrons. The van der Waals surface area contributed by atoms with E-state index in [9.17, 15) is 9.59 Å². The van der Waals surface area contributed by atoms with Gasteiger partial charge < -0.3 is 5.32 Å². The molecule has 0 saturated carbocycles. The molecular formula is C10H17NO2. The van der Waals surface area contributed by atoms with Crippen LogP contribution in [0.25, 0.3) is 0 Å². The lowest BCUT2D eigenvalue weighted by atomic mass is 9.80. The molecule has 0 radical (unpaired) electrons. The van der Waals surface area contributed by atoms with Crippen LogP contribution in [0.1, 0.15) is 33.6 Å². The lowest BCUT2D eigenvalue weighted by Crippen LogP contribution is -2.41. The molecule has 1 amide bonds. The number of hydrogen-bond donors (Lipinski definition) is 1. The van der Waals surface area contributed by atoms with Crippen LogP contribution in [0.4, 0.5) is 0 Å². The smallest absolute Gasteiger partial charge is 0.220 e. The maximum Gasteiger partial charge on any atom is 0.220 e. The molecule has 1 N–H and O–H groups in total. The largest absolute Gasteiger partial charge is 0.355 e. The number of Topliss-reactive ketones (excluding diaryl/α,β-unsaturated/α-hetero) is 1. The average molecular weight is 183 g/mol. The molecule has 1 fully saturated rings. The number of amides is 1. The standard InChI is InChI=1S/C10H17NO2/c1-10(2,3)9(13)7-4-5-8(12)11-6-7/h7H,4-6H2,1-3H3,(H,11,12). The van der Waals surface area contributed by atoms with Gasteiger partial charge in [0.2, 0.25) is 5.91 Å². The zero-order valence-electron chi connectivity index (χ0n) is 8.52. The lowest BCUT2D eigenvalue weighted by Gasteiger charge is -2.27. The highest BCUT2D eigenvalue weighted by Gasteiger charge is 2.31. The summed E-state index contributed by atoms with van der Waals surface area (Å²) in [4.78, 5) is 22.6. The number of carbonyl (C=O) groups excluding carboxylic acids is 2. The van der Waals surface area contributed by atoms with Crippen molar-refractivity contribution >= 4 is 11.7 Å². The highest BCUT2D eigenvalue weighted by atomic mass is 16.2. The fourth-order valence-corrected chi connectivity index (χ4v) is 1.57. The van der Waals surface area contributed by atoms with Gasteiger partial charge in [0.15, 0.2) is 0 Å². The van der Waals surface area contributed by atoms with Crippen LogP contribution in [-0.2, 0) is 9.59 Å². The number of rotatable bonds is 1. The fraction of sp³-hybridized carbons (Fsp3) is 0.800. The summed E-state index contributed by atoms with van der Waals surface area (Å²) in [7, 11) is 0. The molecule has 1 aliphatic rings. The average Bonchev–Trinajstić information content (AvgIpc) is 2.03. The fourth-order valence-electron chi connectivity index (χ4n) is 1.57. The molecule has 0 aromatic carbocycles. The number of nitrogens with one attached hydrogen (secondary N) is 1. The molecule has 1 saturated heterocycles. The molecule has 1 rings (SSSR count). The molecule has 0 aromatic rings. The van der Waals surface area contributed by atoms with Gasteiger partial charge in [0, 0.05) is 24.3 Å². The van der Waals surface area contributed by atoms with Crippen molar-refractivity contribution in [2.75, 3.05) is 6.54 Å². The van der Waals surface area contributed by atoms with Gasteiger partial charge in [0.1, 0.15) is 5.78 Å². The minimum absolute atomic E-state index is 0.0256. The van der Waals surface area contributed by atoms with Gasteiger partial charge in [-0.1, -0.05) is 20.8 Å². The highest BCUT2D eigenvalue weighted by Crippen LogP contribution is 2.24. The molecular weight excluding hydrogens is 166 g/mol. The van der Waals surface area contributed by atoms with E-state index in [1.165, 1.54) is 0 Å². The first-order valence-electron chi connectivity index (χ1n) is 4.72. The van der Waals surface area contributed by atoms with Gasteiger partial charge >= 0.3 is 0 Å². The first-order chi connectivity index (χ1) is 5.91. The van der Waals surface area contributed by atoms with Crippen molar-refractivity contribution < 1.29 is 9.59 Å². The summed E-state index contributed by atoms with van der Waals surface area (Å²) in [5.74, 6) is 0.350. The topological polar surface area (TPSA) is 46.2 Å². The maximum absolute atomic E-state index is 11.8. The van der Waals surface area contributed by atoms with Crippen molar-refractivity contribution in [2.45, 2.75) is 33.6 Å². The Hall–Kier alpha value is -0.860. The summed E-state index contributed by atoms with van der Waals surface area (Å²) in [6.45, 7) is 6.29. The van der Waals surface area contributed by atoms with Gasteiger partial charge in [-0.25, -0.2) is 0 Å². The first-order valence-corrected chi connectivity index (χ1v) is 4.72. The van der Waals surface area contributed by atoms with Gasteiger partial charge in [-0.3, -0.25) is 9.59 Å². The van der Waals surface area contributed by atoms with Crippen LogP contribution in [0.3, 0.4) is 0 Å². The van der Waals surface area contributed by atoms with Crippen LogP contribution < -0.4 is 5.32 Å². The summed E-state index contributed by atoms with van der Waals surface area (Å²) >= 11 is 0. The Balaban J connectivity index is 2.55. The van der Waals surface area contributed by atoms with Crippen molar-refractivity contribution in [2.24, 2.45) is 11.3 Å². The minimum atomic E-state index is -0.285. The SMILES string of the molecule is CC(C)(C)C(=O)C1CCC(=O)NC1. The third-order valence-corrected chi connectivity index (χ3v) is 2.38. The van der Waals surface area contributed by atoms with Gasteiger partial charge in [0.25, 0.3) is 0 Å². The molecule has 1 aliphatic heterocycles. The molecule has 3 nitrogen and oxygen atoms in total. The monoisotopic (exact) mass is 183 g/mol. The van der Waals surface area contributed by atoms with Crippen molar-refractivity contribution in [3.63, 3.8) is 0 Å². The number of ketones is 1. The Kier molecular flexibility index (Phi) is 2.74. The zero-order chi connectivity index (χ0) is 10.1. The van der Waals surface area contributed by atoms with Crippen LogP contribution in [0, 0.1) is 11.3 Å². The Labute approximate surface area is 78.9 Å². The maximum atomic E-state index is 11.8. The van der Waals surface area contributed by atoms with E-state index in [-0.39, 0.29) is 23.0 Å². The van der Waals surface area contributed by atoms with E-state index < -0.39 is 0 Å². The van der Waals surface area contributed by atoms with Gasteiger partial charge in [-0.05, 0) is 6.42 Å². The van der Waals surface area contributed by atoms with E-state index >= 15 is 0 Å². The molecule has 0 aromatic heterocycles. The van der Waals surface area contributed by atoms with E-state index in [1.54, 1.807) is 0 Å². The highest BCUT2D eigenvalue weighted by molar-refractivity contribution is 5.88. The minimum Gasteiger partial charge on any atom is -0.355 e. The summed E-state index contributed by atoms with van der Waals surface area (Å²) < 4.78 is 0. The van der Waals surface area contributed by atoms with E-state index in [0.29, 0.717) is 19.4 Å². The third-order valence-electron chi connectivity index (χ3n) is 2.38. The Bertz CT molecular complexity index is 218. The van der Waals surface area contributed by atoms with E-state index in [4.69, 9.17) is 0 Å². The molecule has 1 unspecified atom stereocenters. The molecule has 3 heteroatoms. The number of carbonyl (C=O) groups is 2. The second kappa shape index (κ2) is 3.48. The van der Waals surface area contributed by atoms with Gasteiger partial charge in [-0.2, -0.15) is 0 Å². The van der Waals surface area contributed by atoms with E-state index in [0.717, 1.165) is 0 Å². The second-order valence-electron chi connectivity index (χ2n) is 4.65. The molecule has 0 bridgehead atoms. The number of piperidine rings is 1. The quantitative estimate of drug-likeness (QED) is 0.662. The van der Waals surface area contributed by atoms with E-state index in [1.807, 2.05) is 20.8 Å². The van der Waals surface area contributed by atoms with E-state index in [2.05, 4.69) is 5.32 Å². The summed E-state index contributed by atoms with van der Waals surface area (Å²) in [5.41, 5.74) is -0.285. The molecule has 13 heavy (non-hydrogen) atoms. The van der Waals surface area contributed by atoms with Crippen molar-refractivity contribution in [3.8, 4) is 0 Å². The Morgan fingerprint density at radius 1 is 1.46 bits per heavy atom. The van der Waals surface area contributed by atoms with Crippen LogP contribution in [0.5, 0.6) is 0 Å².